The smallest absolute Gasteiger partial charge is 0.389 e. The molecule has 0 aliphatic rings. The molecule has 2 N–H and O–H groups in total. The largest absolute Gasteiger partial charge is 0.392 e. The Morgan fingerprint density at radius 1 is 1.27 bits per heavy atom. The maximum absolute atomic E-state index is 11.7. The fourth-order valence-electron chi connectivity index (χ4n) is 1.31. The van der Waals surface area contributed by atoms with E-state index >= 15 is 0 Å². The van der Waals surface area contributed by atoms with Crippen LogP contribution >= 0.6 is 0 Å². The lowest BCUT2D eigenvalue weighted by atomic mass is 10.1. The van der Waals surface area contributed by atoms with E-state index in [2.05, 4.69) is 5.32 Å². The lowest BCUT2D eigenvalue weighted by molar-refractivity contribution is -0.135. The van der Waals surface area contributed by atoms with E-state index in [0.29, 0.717) is 25.4 Å². The topological polar surface area (TPSA) is 32.3 Å². The Hall–Kier alpha value is -0.290. The summed E-state index contributed by atoms with van der Waals surface area (Å²) in [6.07, 6.45) is -4.56. The van der Waals surface area contributed by atoms with Crippen molar-refractivity contribution in [3.8, 4) is 0 Å². The van der Waals surface area contributed by atoms with Crippen LogP contribution < -0.4 is 5.32 Å². The number of alkyl halides is 3. The van der Waals surface area contributed by atoms with Gasteiger partial charge in [-0.15, -0.1) is 0 Å². The standard InChI is InChI=1S/C10H20F3NO/c1-8(2)6-9(15)7-14-5-3-4-10(11,12)13/h8-9,14-15H,3-7H2,1-2H3. The Morgan fingerprint density at radius 3 is 2.33 bits per heavy atom. The minimum absolute atomic E-state index is 0.0674. The van der Waals surface area contributed by atoms with Gasteiger partial charge in [-0.2, -0.15) is 13.2 Å². The molecule has 2 nitrogen and oxygen atoms in total. The van der Waals surface area contributed by atoms with Gasteiger partial charge in [0.15, 0.2) is 0 Å². The quantitative estimate of drug-likeness (QED) is 0.654. The summed E-state index contributed by atoms with van der Waals surface area (Å²) in [5.74, 6) is 0.400. The molecule has 0 bridgehead atoms. The molecule has 0 aromatic rings. The average molecular weight is 227 g/mol. The molecule has 0 aliphatic heterocycles. The van der Waals surface area contributed by atoms with Crippen LogP contribution in [0.3, 0.4) is 0 Å². The van der Waals surface area contributed by atoms with E-state index in [0.717, 1.165) is 0 Å². The van der Waals surface area contributed by atoms with Crippen molar-refractivity contribution in [2.75, 3.05) is 13.1 Å². The highest BCUT2D eigenvalue weighted by molar-refractivity contribution is 4.62. The molecule has 0 rings (SSSR count). The number of aliphatic hydroxyl groups excluding tert-OH is 1. The van der Waals surface area contributed by atoms with Crippen LogP contribution in [-0.2, 0) is 0 Å². The number of aliphatic hydroxyl groups is 1. The SMILES string of the molecule is CC(C)CC(O)CNCCCC(F)(F)F. The normalized spacial score (nSPS) is 14.6. The Balaban J connectivity index is 3.31. The first-order valence-electron chi connectivity index (χ1n) is 5.27. The van der Waals surface area contributed by atoms with E-state index in [1.165, 1.54) is 0 Å². The second-order valence-electron chi connectivity index (χ2n) is 4.21. The van der Waals surface area contributed by atoms with Crippen LogP contribution in [-0.4, -0.2) is 30.5 Å². The van der Waals surface area contributed by atoms with Gasteiger partial charge in [-0.05, 0) is 25.3 Å². The minimum atomic E-state index is -4.07. The Labute approximate surface area is 88.9 Å². The first kappa shape index (κ1) is 14.7. The molecule has 1 atom stereocenters. The summed E-state index contributed by atoms with van der Waals surface area (Å²) in [6, 6.07) is 0. The summed E-state index contributed by atoms with van der Waals surface area (Å²) >= 11 is 0. The van der Waals surface area contributed by atoms with Gasteiger partial charge in [-0.25, -0.2) is 0 Å². The predicted octanol–water partition coefficient (Wildman–Crippen LogP) is 2.33. The molecule has 0 saturated carbocycles. The zero-order chi connectivity index (χ0) is 11.9. The molecule has 5 heteroatoms. The number of rotatable bonds is 7. The van der Waals surface area contributed by atoms with Crippen molar-refractivity contribution in [2.45, 2.75) is 45.4 Å². The van der Waals surface area contributed by atoms with Gasteiger partial charge in [-0.3, -0.25) is 0 Å². The number of nitrogens with one attached hydrogen (secondary N) is 1. The van der Waals surface area contributed by atoms with Crippen LogP contribution in [0.1, 0.15) is 33.1 Å². The summed E-state index contributed by atoms with van der Waals surface area (Å²) < 4.78 is 35.2. The van der Waals surface area contributed by atoms with Gasteiger partial charge in [0, 0.05) is 13.0 Å². The number of hydrogen-bond donors (Lipinski definition) is 2. The van der Waals surface area contributed by atoms with Gasteiger partial charge in [0.25, 0.3) is 0 Å². The molecule has 0 saturated heterocycles. The fraction of sp³-hybridized carbons (Fsp3) is 1.00. The summed E-state index contributed by atoms with van der Waals surface area (Å²) in [5.41, 5.74) is 0. The van der Waals surface area contributed by atoms with Crippen LogP contribution in [0.4, 0.5) is 13.2 Å². The molecule has 0 aliphatic carbocycles. The molecular weight excluding hydrogens is 207 g/mol. The summed E-state index contributed by atoms with van der Waals surface area (Å²) in [7, 11) is 0. The third-order valence-corrected chi connectivity index (χ3v) is 1.94. The molecular formula is C10H20F3NO. The summed E-state index contributed by atoms with van der Waals surface area (Å²) in [4.78, 5) is 0. The highest BCUT2D eigenvalue weighted by Gasteiger charge is 2.25. The first-order chi connectivity index (χ1) is 6.81. The van der Waals surface area contributed by atoms with Gasteiger partial charge < -0.3 is 10.4 Å². The van der Waals surface area contributed by atoms with E-state index in [1.54, 1.807) is 0 Å². The van der Waals surface area contributed by atoms with Crippen LogP contribution in [0.15, 0.2) is 0 Å². The molecule has 15 heavy (non-hydrogen) atoms. The maximum atomic E-state index is 11.7. The van der Waals surface area contributed by atoms with Gasteiger partial charge in [-0.1, -0.05) is 13.8 Å². The molecule has 0 fully saturated rings. The first-order valence-corrected chi connectivity index (χ1v) is 5.27. The van der Waals surface area contributed by atoms with Crippen molar-refractivity contribution >= 4 is 0 Å². The van der Waals surface area contributed by atoms with Crippen molar-refractivity contribution in [1.82, 2.24) is 5.32 Å². The molecule has 0 aromatic carbocycles. The third-order valence-electron chi connectivity index (χ3n) is 1.94. The van der Waals surface area contributed by atoms with E-state index in [-0.39, 0.29) is 6.42 Å². The van der Waals surface area contributed by atoms with Crippen LogP contribution in [0.2, 0.25) is 0 Å². The predicted molar refractivity (Wildman–Crippen MR) is 53.6 cm³/mol. The van der Waals surface area contributed by atoms with Crippen molar-refractivity contribution in [1.29, 1.82) is 0 Å². The molecule has 0 heterocycles. The second kappa shape index (κ2) is 7.06. The Morgan fingerprint density at radius 2 is 1.87 bits per heavy atom. The molecule has 1 unspecified atom stereocenters. The van der Waals surface area contributed by atoms with Gasteiger partial charge in [0.1, 0.15) is 0 Å². The monoisotopic (exact) mass is 227 g/mol. The molecule has 0 spiro atoms. The molecule has 0 aromatic heterocycles. The van der Waals surface area contributed by atoms with E-state index in [4.69, 9.17) is 0 Å². The third kappa shape index (κ3) is 11.6. The highest BCUT2D eigenvalue weighted by Crippen LogP contribution is 2.20. The zero-order valence-electron chi connectivity index (χ0n) is 9.27. The Kier molecular flexibility index (Phi) is 6.92. The fourth-order valence-corrected chi connectivity index (χ4v) is 1.31. The summed E-state index contributed by atoms with van der Waals surface area (Å²) in [6.45, 7) is 4.66. The van der Waals surface area contributed by atoms with Crippen molar-refractivity contribution in [2.24, 2.45) is 5.92 Å². The van der Waals surface area contributed by atoms with Crippen molar-refractivity contribution < 1.29 is 18.3 Å². The van der Waals surface area contributed by atoms with Gasteiger partial charge in [0.2, 0.25) is 0 Å². The lowest BCUT2D eigenvalue weighted by Gasteiger charge is -2.14. The second-order valence-corrected chi connectivity index (χ2v) is 4.21. The van der Waals surface area contributed by atoms with Crippen molar-refractivity contribution in [3.63, 3.8) is 0 Å². The zero-order valence-corrected chi connectivity index (χ0v) is 9.27. The van der Waals surface area contributed by atoms with E-state index in [9.17, 15) is 18.3 Å². The van der Waals surface area contributed by atoms with E-state index < -0.39 is 18.7 Å². The molecule has 0 radical (unpaired) electrons. The molecule has 92 valence electrons. The van der Waals surface area contributed by atoms with Crippen LogP contribution in [0.25, 0.3) is 0 Å². The van der Waals surface area contributed by atoms with Gasteiger partial charge in [0.05, 0.1) is 6.10 Å². The highest BCUT2D eigenvalue weighted by atomic mass is 19.4. The van der Waals surface area contributed by atoms with Crippen LogP contribution in [0, 0.1) is 5.92 Å². The van der Waals surface area contributed by atoms with Gasteiger partial charge >= 0.3 is 6.18 Å². The van der Waals surface area contributed by atoms with Crippen molar-refractivity contribution in [3.05, 3.63) is 0 Å². The maximum Gasteiger partial charge on any atom is 0.389 e. The molecule has 0 amide bonds. The number of halogens is 3. The minimum Gasteiger partial charge on any atom is -0.392 e. The number of hydrogen-bond acceptors (Lipinski definition) is 2. The van der Waals surface area contributed by atoms with E-state index in [1.807, 2.05) is 13.8 Å². The average Bonchev–Trinajstić information content (AvgIpc) is 1.99. The van der Waals surface area contributed by atoms with Crippen LogP contribution in [0.5, 0.6) is 0 Å². The lowest BCUT2D eigenvalue weighted by Crippen LogP contribution is -2.29. The summed E-state index contributed by atoms with van der Waals surface area (Å²) in [5, 5.41) is 12.2. The Bertz CT molecular complexity index is 159.